The average Bonchev–Trinajstić information content (AvgIpc) is 3.00. The van der Waals surface area contributed by atoms with E-state index in [0.717, 1.165) is 38.8 Å². The molecule has 0 saturated carbocycles. The van der Waals surface area contributed by atoms with Gasteiger partial charge in [-0.25, -0.2) is 9.97 Å². The topological polar surface area (TPSA) is 38.9 Å². The molecule has 0 fully saturated rings. The summed E-state index contributed by atoms with van der Waals surface area (Å²) in [5.74, 6) is 2.35. The quantitative estimate of drug-likeness (QED) is 0.735. The Bertz CT molecular complexity index is 468. The molecule has 2 heterocycles. The summed E-state index contributed by atoms with van der Waals surface area (Å²) in [6.45, 7) is 2.24. The van der Waals surface area contributed by atoms with Gasteiger partial charge in [0.15, 0.2) is 0 Å². The molecule has 110 valence electrons. The molecule has 0 aromatic carbocycles. The fourth-order valence-corrected chi connectivity index (χ4v) is 2.40. The van der Waals surface area contributed by atoms with Gasteiger partial charge in [-0.15, -0.1) is 0 Å². The van der Waals surface area contributed by atoms with Crippen LogP contribution in [0.5, 0.6) is 0 Å². The Morgan fingerprint density at radius 2 is 1.35 bits per heavy atom. The number of aromatic nitrogens is 4. The van der Waals surface area contributed by atoms with Gasteiger partial charge < -0.3 is 14.0 Å². The van der Waals surface area contributed by atoms with E-state index in [4.69, 9.17) is 0 Å². The molecule has 0 bridgehead atoms. The number of aryl methyl sites for hydroxylation is 4. The summed E-state index contributed by atoms with van der Waals surface area (Å²) in [5, 5.41) is 0. The van der Waals surface area contributed by atoms with Crippen molar-refractivity contribution >= 4 is 0 Å². The van der Waals surface area contributed by atoms with Crippen molar-refractivity contribution in [2.45, 2.75) is 25.7 Å². The largest absolute Gasteiger partial charge is 0.338 e. The van der Waals surface area contributed by atoms with Gasteiger partial charge in [0.1, 0.15) is 11.6 Å². The van der Waals surface area contributed by atoms with Gasteiger partial charge in [0.05, 0.1) is 0 Å². The minimum Gasteiger partial charge on any atom is -0.338 e. The lowest BCUT2D eigenvalue weighted by atomic mass is 10.2. The van der Waals surface area contributed by atoms with E-state index in [-0.39, 0.29) is 0 Å². The maximum absolute atomic E-state index is 4.35. The summed E-state index contributed by atoms with van der Waals surface area (Å²) in [7, 11) is 6.30. The highest BCUT2D eigenvalue weighted by molar-refractivity contribution is 4.92. The SMILES string of the molecule is CN(CCCc1nccn1C)CCCc1nccn1C. The molecule has 0 N–H and O–H groups in total. The van der Waals surface area contributed by atoms with Crippen molar-refractivity contribution in [3.05, 3.63) is 36.4 Å². The maximum atomic E-state index is 4.35. The molecule has 0 unspecified atom stereocenters. The number of nitrogens with zero attached hydrogens (tertiary/aromatic N) is 5. The second-order valence-corrected chi connectivity index (χ2v) is 5.42. The third-order valence-electron chi connectivity index (χ3n) is 3.72. The molecule has 2 aromatic heterocycles. The van der Waals surface area contributed by atoms with Crippen LogP contribution in [-0.2, 0) is 26.9 Å². The van der Waals surface area contributed by atoms with Gasteiger partial charge in [0, 0.05) is 51.7 Å². The monoisotopic (exact) mass is 275 g/mol. The van der Waals surface area contributed by atoms with Gasteiger partial charge in [-0.2, -0.15) is 0 Å². The van der Waals surface area contributed by atoms with Crippen LogP contribution in [-0.4, -0.2) is 44.1 Å². The minimum absolute atomic E-state index is 1.05. The van der Waals surface area contributed by atoms with Crippen LogP contribution in [0, 0.1) is 0 Å². The van der Waals surface area contributed by atoms with Crippen LogP contribution in [0.3, 0.4) is 0 Å². The van der Waals surface area contributed by atoms with Gasteiger partial charge in [0.25, 0.3) is 0 Å². The van der Waals surface area contributed by atoms with Gasteiger partial charge >= 0.3 is 0 Å². The van der Waals surface area contributed by atoms with E-state index < -0.39 is 0 Å². The van der Waals surface area contributed by atoms with E-state index >= 15 is 0 Å². The van der Waals surface area contributed by atoms with Gasteiger partial charge in [-0.05, 0) is 33.0 Å². The molecule has 0 radical (unpaired) electrons. The Morgan fingerprint density at radius 1 is 0.900 bits per heavy atom. The summed E-state index contributed by atoms with van der Waals surface area (Å²) in [4.78, 5) is 11.1. The predicted octanol–water partition coefficient (Wildman–Crippen LogP) is 1.65. The zero-order valence-electron chi connectivity index (χ0n) is 12.8. The van der Waals surface area contributed by atoms with Crippen LogP contribution in [0.25, 0.3) is 0 Å². The van der Waals surface area contributed by atoms with Crippen molar-refractivity contribution in [1.82, 2.24) is 24.0 Å². The molecule has 0 aliphatic carbocycles. The molecule has 2 aromatic rings. The first-order chi connectivity index (χ1) is 9.66. The van der Waals surface area contributed by atoms with E-state index in [9.17, 15) is 0 Å². The third kappa shape index (κ3) is 4.20. The minimum atomic E-state index is 1.05. The zero-order chi connectivity index (χ0) is 14.4. The molecular formula is C15H25N5. The van der Waals surface area contributed by atoms with Crippen LogP contribution in [0.2, 0.25) is 0 Å². The fourth-order valence-electron chi connectivity index (χ4n) is 2.40. The lowest BCUT2D eigenvalue weighted by molar-refractivity contribution is 0.322. The average molecular weight is 275 g/mol. The van der Waals surface area contributed by atoms with Crippen molar-refractivity contribution in [2.75, 3.05) is 20.1 Å². The second kappa shape index (κ2) is 7.24. The summed E-state index contributed by atoms with van der Waals surface area (Å²) >= 11 is 0. The fraction of sp³-hybridized carbons (Fsp3) is 0.600. The van der Waals surface area contributed by atoms with Crippen molar-refractivity contribution in [1.29, 1.82) is 0 Å². The summed E-state index contributed by atoms with van der Waals surface area (Å²) in [5.41, 5.74) is 0. The lowest BCUT2D eigenvalue weighted by Gasteiger charge is -2.16. The predicted molar refractivity (Wildman–Crippen MR) is 80.6 cm³/mol. The zero-order valence-corrected chi connectivity index (χ0v) is 12.8. The molecule has 2 rings (SSSR count). The number of hydrogen-bond donors (Lipinski definition) is 0. The van der Waals surface area contributed by atoms with Crippen LogP contribution in [0.4, 0.5) is 0 Å². The molecule has 5 nitrogen and oxygen atoms in total. The Hall–Kier alpha value is -1.62. The Labute approximate surface area is 121 Å². The second-order valence-electron chi connectivity index (χ2n) is 5.42. The van der Waals surface area contributed by atoms with E-state index in [2.05, 4.69) is 45.1 Å². The molecule has 0 spiro atoms. The smallest absolute Gasteiger partial charge is 0.108 e. The first kappa shape index (κ1) is 14.8. The number of imidazole rings is 2. The highest BCUT2D eigenvalue weighted by atomic mass is 15.1. The molecule has 5 heteroatoms. The molecule has 20 heavy (non-hydrogen) atoms. The molecule has 0 aliphatic rings. The van der Waals surface area contributed by atoms with Crippen LogP contribution in [0.15, 0.2) is 24.8 Å². The number of rotatable bonds is 8. The van der Waals surface area contributed by atoms with Gasteiger partial charge in [-0.1, -0.05) is 0 Å². The third-order valence-corrected chi connectivity index (χ3v) is 3.72. The standard InChI is InChI=1S/C15H25N5/c1-18(10-4-6-14-16-8-12-19(14)2)11-5-7-15-17-9-13-20(15)3/h8-9,12-13H,4-7,10-11H2,1-3H3. The molecular weight excluding hydrogens is 250 g/mol. The van der Waals surface area contributed by atoms with E-state index in [1.807, 2.05) is 24.8 Å². The van der Waals surface area contributed by atoms with E-state index in [0.29, 0.717) is 0 Å². The summed E-state index contributed by atoms with van der Waals surface area (Å²) in [6, 6.07) is 0. The van der Waals surface area contributed by atoms with Gasteiger partial charge in [-0.3, -0.25) is 0 Å². The van der Waals surface area contributed by atoms with Crippen molar-refractivity contribution in [2.24, 2.45) is 14.1 Å². The van der Waals surface area contributed by atoms with Crippen LogP contribution < -0.4 is 0 Å². The first-order valence-corrected chi connectivity index (χ1v) is 7.28. The van der Waals surface area contributed by atoms with Crippen LogP contribution >= 0.6 is 0 Å². The molecule has 0 saturated heterocycles. The Balaban J connectivity index is 1.60. The first-order valence-electron chi connectivity index (χ1n) is 7.28. The molecule has 0 amide bonds. The Morgan fingerprint density at radius 3 is 1.70 bits per heavy atom. The summed E-state index contributed by atoms with van der Waals surface area (Å²) in [6.07, 6.45) is 12.2. The number of hydrogen-bond acceptors (Lipinski definition) is 3. The Kier molecular flexibility index (Phi) is 5.35. The van der Waals surface area contributed by atoms with Crippen molar-refractivity contribution in [3.63, 3.8) is 0 Å². The normalized spacial score (nSPS) is 11.4. The van der Waals surface area contributed by atoms with Crippen LogP contribution in [0.1, 0.15) is 24.5 Å². The van der Waals surface area contributed by atoms with Crippen molar-refractivity contribution < 1.29 is 0 Å². The lowest BCUT2D eigenvalue weighted by Crippen LogP contribution is -2.22. The van der Waals surface area contributed by atoms with Gasteiger partial charge in [0.2, 0.25) is 0 Å². The maximum Gasteiger partial charge on any atom is 0.108 e. The molecule has 0 aliphatic heterocycles. The highest BCUT2D eigenvalue weighted by Crippen LogP contribution is 2.03. The van der Waals surface area contributed by atoms with E-state index in [1.165, 1.54) is 11.6 Å². The molecule has 0 atom stereocenters. The van der Waals surface area contributed by atoms with Crippen molar-refractivity contribution in [3.8, 4) is 0 Å². The van der Waals surface area contributed by atoms with E-state index in [1.54, 1.807) is 0 Å². The summed E-state index contributed by atoms with van der Waals surface area (Å²) < 4.78 is 4.20. The highest BCUT2D eigenvalue weighted by Gasteiger charge is 2.03.